The van der Waals surface area contributed by atoms with E-state index in [2.05, 4.69) is 10.6 Å². The van der Waals surface area contributed by atoms with Crippen molar-refractivity contribution in [3.05, 3.63) is 35.9 Å². The first-order valence-electron chi connectivity index (χ1n) is 12.2. The highest BCUT2D eigenvalue weighted by molar-refractivity contribution is 5.92. The van der Waals surface area contributed by atoms with Crippen LogP contribution < -0.4 is 10.6 Å². The zero-order valence-electron chi connectivity index (χ0n) is 19.2. The van der Waals surface area contributed by atoms with Gasteiger partial charge in [-0.25, -0.2) is 4.79 Å². The summed E-state index contributed by atoms with van der Waals surface area (Å²) in [4.78, 5) is 40.2. The first-order valence-corrected chi connectivity index (χ1v) is 12.2. The van der Waals surface area contributed by atoms with Gasteiger partial charge in [-0.05, 0) is 49.5 Å². The Morgan fingerprint density at radius 2 is 1.88 bits per heavy atom. The predicted molar refractivity (Wildman–Crippen MR) is 122 cm³/mol. The molecule has 2 saturated carbocycles. The van der Waals surface area contributed by atoms with Crippen LogP contribution in [0.4, 0.5) is 4.79 Å². The number of fused-ring (bicyclic) bond motifs is 1. The molecule has 5 atom stereocenters. The molecule has 2 aliphatic carbocycles. The molecular weight excluding hydrogens is 422 g/mol. The largest absolute Gasteiger partial charge is 0.465 e. The Balaban J connectivity index is 1.64. The SMILES string of the molecule is CCC[C@H](NC(=O)[C@]1(Cc2ccccc2)[C@H]2CCC[C@H]2CN1C(=O)O)C(O)C(=O)NC1CC1. The second-order valence-electron chi connectivity index (χ2n) is 9.87. The molecule has 0 radical (unpaired) electrons. The van der Waals surface area contributed by atoms with Gasteiger partial charge in [-0.1, -0.05) is 50.1 Å². The number of amides is 3. The molecule has 1 heterocycles. The maximum absolute atomic E-state index is 14.0. The first-order chi connectivity index (χ1) is 15.9. The van der Waals surface area contributed by atoms with Gasteiger partial charge in [0, 0.05) is 19.0 Å². The highest BCUT2D eigenvalue weighted by atomic mass is 16.4. The number of aliphatic hydroxyl groups is 1. The van der Waals surface area contributed by atoms with E-state index in [4.69, 9.17) is 0 Å². The Morgan fingerprint density at radius 3 is 2.52 bits per heavy atom. The van der Waals surface area contributed by atoms with Crippen LogP contribution in [0.5, 0.6) is 0 Å². The van der Waals surface area contributed by atoms with Gasteiger partial charge >= 0.3 is 6.09 Å². The standard InChI is InChI=1S/C25H35N3O5/c1-2-7-20(21(29)22(30)26-18-12-13-18)27-23(31)25(14-16-8-4-3-5-9-16)19-11-6-10-17(19)15-28(25)24(32)33/h3-5,8-9,17-21,29H,2,6-7,10-15H2,1H3,(H,26,30)(H,27,31)(H,32,33)/t17-,19-,20-,21?,25-/m0/s1. The van der Waals surface area contributed by atoms with Crippen LogP contribution in [0.2, 0.25) is 0 Å². The fourth-order valence-corrected chi connectivity index (χ4v) is 5.85. The number of carbonyl (C=O) groups is 3. The topological polar surface area (TPSA) is 119 Å². The van der Waals surface area contributed by atoms with Crippen molar-refractivity contribution in [2.24, 2.45) is 11.8 Å². The molecule has 1 aromatic carbocycles. The zero-order chi connectivity index (χ0) is 23.6. The molecule has 4 rings (SSSR count). The van der Waals surface area contributed by atoms with Gasteiger partial charge in [0.2, 0.25) is 5.91 Å². The Morgan fingerprint density at radius 1 is 1.15 bits per heavy atom. The summed E-state index contributed by atoms with van der Waals surface area (Å²) < 4.78 is 0. The van der Waals surface area contributed by atoms with E-state index in [0.29, 0.717) is 19.4 Å². The Hall–Kier alpha value is -2.61. The summed E-state index contributed by atoms with van der Waals surface area (Å²) in [7, 11) is 0. The quantitative estimate of drug-likeness (QED) is 0.454. The van der Waals surface area contributed by atoms with Gasteiger partial charge in [-0.3, -0.25) is 14.5 Å². The van der Waals surface area contributed by atoms with Crippen molar-refractivity contribution in [3.63, 3.8) is 0 Å². The van der Waals surface area contributed by atoms with Crippen LogP contribution in [0, 0.1) is 11.8 Å². The minimum atomic E-state index is -1.37. The average Bonchev–Trinajstić information content (AvgIpc) is 3.38. The Bertz CT molecular complexity index is 874. The van der Waals surface area contributed by atoms with Crippen LogP contribution in [0.25, 0.3) is 0 Å². The molecule has 4 N–H and O–H groups in total. The molecule has 1 saturated heterocycles. The number of hydrogen-bond donors (Lipinski definition) is 4. The van der Waals surface area contributed by atoms with Gasteiger partial charge in [0.05, 0.1) is 6.04 Å². The van der Waals surface area contributed by atoms with Crippen LogP contribution in [0.15, 0.2) is 30.3 Å². The number of nitrogens with one attached hydrogen (secondary N) is 2. The minimum absolute atomic E-state index is 0.0893. The van der Waals surface area contributed by atoms with E-state index >= 15 is 0 Å². The van der Waals surface area contributed by atoms with Crippen LogP contribution in [0.1, 0.15) is 57.4 Å². The number of benzene rings is 1. The predicted octanol–water partition coefficient (Wildman–Crippen LogP) is 2.30. The van der Waals surface area contributed by atoms with Crippen molar-refractivity contribution < 1.29 is 24.6 Å². The lowest BCUT2D eigenvalue weighted by Crippen LogP contribution is -2.64. The molecule has 3 amide bonds. The van der Waals surface area contributed by atoms with Gasteiger partial charge in [-0.2, -0.15) is 0 Å². The molecule has 180 valence electrons. The molecule has 1 unspecified atom stereocenters. The van der Waals surface area contributed by atoms with E-state index < -0.39 is 35.6 Å². The van der Waals surface area contributed by atoms with Crippen molar-refractivity contribution >= 4 is 17.9 Å². The molecule has 33 heavy (non-hydrogen) atoms. The van der Waals surface area contributed by atoms with Gasteiger partial charge < -0.3 is 20.8 Å². The molecular formula is C25H35N3O5. The monoisotopic (exact) mass is 457 g/mol. The van der Waals surface area contributed by atoms with Gasteiger partial charge in [0.1, 0.15) is 5.54 Å². The second-order valence-corrected chi connectivity index (χ2v) is 9.87. The number of carbonyl (C=O) groups excluding carboxylic acids is 2. The van der Waals surface area contributed by atoms with E-state index in [9.17, 15) is 24.6 Å². The summed E-state index contributed by atoms with van der Waals surface area (Å²) in [5, 5.41) is 26.6. The number of nitrogens with zero attached hydrogens (tertiary/aromatic N) is 1. The third kappa shape index (κ3) is 4.71. The van der Waals surface area contributed by atoms with Crippen molar-refractivity contribution in [3.8, 4) is 0 Å². The van der Waals surface area contributed by atoms with Crippen molar-refractivity contribution in [2.45, 2.75) is 82.0 Å². The molecule has 0 spiro atoms. The highest BCUT2D eigenvalue weighted by Crippen LogP contribution is 2.50. The molecule has 1 aliphatic heterocycles. The van der Waals surface area contributed by atoms with Crippen LogP contribution in [-0.4, -0.2) is 63.3 Å². The Kier molecular flexibility index (Phi) is 6.93. The molecule has 3 fully saturated rings. The smallest absolute Gasteiger partial charge is 0.408 e. The molecule has 0 aromatic heterocycles. The summed E-state index contributed by atoms with van der Waals surface area (Å²) in [6, 6.07) is 8.83. The number of likely N-dealkylation sites (tertiary alicyclic amines) is 1. The Labute approximate surface area is 194 Å². The first kappa shape index (κ1) is 23.5. The zero-order valence-corrected chi connectivity index (χ0v) is 19.2. The third-order valence-corrected chi connectivity index (χ3v) is 7.60. The third-order valence-electron chi connectivity index (χ3n) is 7.60. The molecule has 0 bridgehead atoms. The van der Waals surface area contributed by atoms with E-state index in [1.54, 1.807) is 0 Å². The average molecular weight is 458 g/mol. The normalized spacial score (nSPS) is 28.1. The maximum Gasteiger partial charge on any atom is 0.408 e. The molecule has 1 aromatic rings. The van der Waals surface area contributed by atoms with Gasteiger partial charge in [0.15, 0.2) is 6.10 Å². The minimum Gasteiger partial charge on any atom is -0.465 e. The van der Waals surface area contributed by atoms with Crippen molar-refractivity contribution in [1.82, 2.24) is 15.5 Å². The second kappa shape index (κ2) is 9.71. The van der Waals surface area contributed by atoms with E-state index in [-0.39, 0.29) is 24.3 Å². The fourth-order valence-electron chi connectivity index (χ4n) is 5.85. The molecule has 8 heteroatoms. The number of hydrogen-bond acceptors (Lipinski definition) is 4. The number of carboxylic acid groups (broad SMARTS) is 1. The van der Waals surface area contributed by atoms with Gasteiger partial charge in [-0.15, -0.1) is 0 Å². The maximum atomic E-state index is 14.0. The van der Waals surface area contributed by atoms with E-state index in [1.807, 2.05) is 37.3 Å². The van der Waals surface area contributed by atoms with E-state index in [0.717, 1.165) is 37.7 Å². The molecule has 3 aliphatic rings. The van der Waals surface area contributed by atoms with E-state index in [1.165, 1.54) is 4.90 Å². The lowest BCUT2D eigenvalue weighted by atomic mass is 9.76. The van der Waals surface area contributed by atoms with Crippen molar-refractivity contribution in [2.75, 3.05) is 6.54 Å². The highest BCUT2D eigenvalue weighted by Gasteiger charge is 2.61. The summed E-state index contributed by atoms with van der Waals surface area (Å²) in [6.07, 6.45) is 3.36. The van der Waals surface area contributed by atoms with Gasteiger partial charge in [0.25, 0.3) is 5.91 Å². The fraction of sp³-hybridized carbons (Fsp3) is 0.640. The summed E-state index contributed by atoms with van der Waals surface area (Å²) >= 11 is 0. The number of aliphatic hydroxyl groups excluding tert-OH is 1. The van der Waals surface area contributed by atoms with Crippen LogP contribution >= 0.6 is 0 Å². The number of rotatable bonds is 9. The lowest BCUT2D eigenvalue weighted by Gasteiger charge is -2.41. The van der Waals surface area contributed by atoms with Crippen molar-refractivity contribution in [1.29, 1.82) is 0 Å². The summed E-state index contributed by atoms with van der Waals surface area (Å²) in [5.41, 5.74) is -0.363. The van der Waals surface area contributed by atoms with Crippen LogP contribution in [-0.2, 0) is 16.0 Å². The summed E-state index contributed by atoms with van der Waals surface area (Å²) in [5.74, 6) is -0.828. The summed E-state index contributed by atoms with van der Waals surface area (Å²) in [6.45, 7) is 2.26. The van der Waals surface area contributed by atoms with Crippen LogP contribution in [0.3, 0.4) is 0 Å². The molecule has 8 nitrogen and oxygen atoms in total. The lowest BCUT2D eigenvalue weighted by molar-refractivity contribution is -0.137.